The van der Waals surface area contributed by atoms with Gasteiger partial charge >= 0.3 is 12.1 Å². The lowest BCUT2D eigenvalue weighted by atomic mass is 9.78. The molecule has 2 amide bonds. The Morgan fingerprint density at radius 1 is 0.971 bits per heavy atom. The van der Waals surface area contributed by atoms with Gasteiger partial charge in [-0.15, -0.1) is 0 Å². The zero-order valence-electron chi connectivity index (χ0n) is 19.8. The quantitative estimate of drug-likeness (QED) is 0.530. The molecular formula is C28H32N2O5. The Labute approximate surface area is 205 Å². The number of nitrogens with one attached hydrogen (secondary N) is 1. The highest BCUT2D eigenvalue weighted by atomic mass is 16.5. The number of rotatable bonds is 10. The summed E-state index contributed by atoms with van der Waals surface area (Å²) >= 11 is 0. The van der Waals surface area contributed by atoms with Crippen molar-refractivity contribution in [3.63, 3.8) is 0 Å². The number of hydrogen-bond acceptors (Lipinski definition) is 4. The van der Waals surface area contributed by atoms with Crippen LogP contribution in [-0.4, -0.2) is 53.7 Å². The van der Waals surface area contributed by atoms with Crippen molar-refractivity contribution in [3.8, 4) is 11.1 Å². The molecule has 5 rings (SSSR count). The summed E-state index contributed by atoms with van der Waals surface area (Å²) in [6.07, 6.45) is 4.62. The van der Waals surface area contributed by atoms with Gasteiger partial charge in [0.2, 0.25) is 5.91 Å². The number of aliphatic carboxylic acids is 1. The number of ether oxygens (including phenoxy) is 1. The second-order valence-corrected chi connectivity index (χ2v) is 10.1. The number of benzene rings is 2. The van der Waals surface area contributed by atoms with E-state index < -0.39 is 12.1 Å². The molecule has 2 aromatic rings. The molecule has 184 valence electrons. The molecule has 1 atom stereocenters. The summed E-state index contributed by atoms with van der Waals surface area (Å²) in [5, 5.41) is 12.2. The lowest BCUT2D eigenvalue weighted by Crippen LogP contribution is -2.47. The molecule has 2 N–H and O–H groups in total. The van der Waals surface area contributed by atoms with Crippen LogP contribution in [0.3, 0.4) is 0 Å². The van der Waals surface area contributed by atoms with Gasteiger partial charge < -0.3 is 20.1 Å². The maximum absolute atomic E-state index is 13.0. The van der Waals surface area contributed by atoms with Gasteiger partial charge in [-0.25, -0.2) is 4.79 Å². The molecule has 0 heterocycles. The van der Waals surface area contributed by atoms with E-state index in [1.54, 1.807) is 0 Å². The first-order chi connectivity index (χ1) is 17.0. The maximum atomic E-state index is 13.0. The number of hydrogen-bond donors (Lipinski definition) is 2. The first-order valence-electron chi connectivity index (χ1n) is 12.6. The highest BCUT2D eigenvalue weighted by Gasteiger charge is 2.35. The minimum atomic E-state index is -1.01. The number of alkyl carbamates (subject to hydrolysis) is 1. The van der Waals surface area contributed by atoms with E-state index in [1.165, 1.54) is 16.0 Å². The van der Waals surface area contributed by atoms with Crippen LogP contribution in [0.15, 0.2) is 48.5 Å². The summed E-state index contributed by atoms with van der Waals surface area (Å²) in [5.41, 5.74) is 4.64. The SMILES string of the molecule is O=C(O)CN(CC1CC1)C(=O)CC(NC(=O)OCC1c2ccccc2-c2ccccc21)C1CCC1. The van der Waals surface area contributed by atoms with Gasteiger partial charge in [0.05, 0.1) is 0 Å². The van der Waals surface area contributed by atoms with Crippen LogP contribution in [0.1, 0.15) is 55.6 Å². The lowest BCUT2D eigenvalue weighted by molar-refractivity contribution is -0.145. The van der Waals surface area contributed by atoms with Gasteiger partial charge in [0.15, 0.2) is 0 Å². The van der Waals surface area contributed by atoms with Crippen molar-refractivity contribution >= 4 is 18.0 Å². The van der Waals surface area contributed by atoms with Crippen LogP contribution in [0.4, 0.5) is 4.79 Å². The molecule has 2 aromatic carbocycles. The van der Waals surface area contributed by atoms with Crippen LogP contribution >= 0.6 is 0 Å². The zero-order chi connectivity index (χ0) is 24.4. The summed E-state index contributed by atoms with van der Waals surface area (Å²) in [7, 11) is 0. The highest BCUT2D eigenvalue weighted by Crippen LogP contribution is 2.44. The molecule has 0 aliphatic heterocycles. The van der Waals surface area contributed by atoms with Gasteiger partial charge in [-0.1, -0.05) is 55.0 Å². The molecule has 35 heavy (non-hydrogen) atoms. The summed E-state index contributed by atoms with van der Waals surface area (Å²) in [6.45, 7) is 0.406. The molecule has 0 spiro atoms. The van der Waals surface area contributed by atoms with Gasteiger partial charge in [0.25, 0.3) is 0 Å². The third-order valence-corrected chi connectivity index (χ3v) is 7.61. The summed E-state index contributed by atoms with van der Waals surface area (Å²) in [5.74, 6) is -0.636. The van der Waals surface area contributed by atoms with Crippen molar-refractivity contribution < 1.29 is 24.2 Å². The molecule has 2 fully saturated rings. The van der Waals surface area contributed by atoms with E-state index in [2.05, 4.69) is 29.6 Å². The minimum Gasteiger partial charge on any atom is -0.480 e. The van der Waals surface area contributed by atoms with E-state index in [4.69, 9.17) is 4.74 Å². The smallest absolute Gasteiger partial charge is 0.407 e. The Morgan fingerprint density at radius 2 is 1.60 bits per heavy atom. The highest BCUT2D eigenvalue weighted by molar-refractivity contribution is 5.82. The first kappa shape index (κ1) is 23.4. The Morgan fingerprint density at radius 3 is 2.14 bits per heavy atom. The van der Waals surface area contributed by atoms with E-state index in [0.717, 1.165) is 43.2 Å². The summed E-state index contributed by atoms with van der Waals surface area (Å²) in [4.78, 5) is 38.6. The van der Waals surface area contributed by atoms with Crippen molar-refractivity contribution in [2.75, 3.05) is 19.7 Å². The molecule has 7 nitrogen and oxygen atoms in total. The topological polar surface area (TPSA) is 95.9 Å². The number of amides is 2. The fraction of sp³-hybridized carbons (Fsp3) is 0.464. The van der Waals surface area contributed by atoms with Crippen LogP contribution in [0.5, 0.6) is 0 Å². The van der Waals surface area contributed by atoms with Crippen molar-refractivity contribution in [3.05, 3.63) is 59.7 Å². The fourth-order valence-corrected chi connectivity index (χ4v) is 5.32. The molecule has 0 saturated heterocycles. The van der Waals surface area contributed by atoms with Crippen LogP contribution in [-0.2, 0) is 14.3 Å². The Hall–Kier alpha value is -3.35. The van der Waals surface area contributed by atoms with Gasteiger partial charge in [0.1, 0.15) is 13.2 Å². The second-order valence-electron chi connectivity index (χ2n) is 10.1. The predicted molar refractivity (Wildman–Crippen MR) is 131 cm³/mol. The number of carbonyl (C=O) groups is 3. The molecule has 0 radical (unpaired) electrons. The monoisotopic (exact) mass is 476 g/mol. The molecule has 7 heteroatoms. The normalized spacial score (nSPS) is 17.6. The van der Waals surface area contributed by atoms with Crippen LogP contribution in [0, 0.1) is 11.8 Å². The Bertz CT molecular complexity index is 1060. The van der Waals surface area contributed by atoms with Crippen molar-refractivity contribution in [1.29, 1.82) is 0 Å². The maximum Gasteiger partial charge on any atom is 0.407 e. The van der Waals surface area contributed by atoms with Gasteiger partial charge in [-0.3, -0.25) is 9.59 Å². The fourth-order valence-electron chi connectivity index (χ4n) is 5.32. The predicted octanol–water partition coefficient (Wildman–Crippen LogP) is 4.41. The zero-order valence-corrected chi connectivity index (χ0v) is 19.8. The molecule has 1 unspecified atom stereocenters. The molecule has 3 aliphatic carbocycles. The van der Waals surface area contributed by atoms with Gasteiger partial charge in [0, 0.05) is 24.9 Å². The number of nitrogens with zero attached hydrogens (tertiary/aromatic N) is 1. The van der Waals surface area contributed by atoms with Gasteiger partial charge in [-0.05, 0) is 59.8 Å². The standard InChI is InChI=1S/C28H32N2O5/c31-26(30(16-27(32)33)15-18-12-13-18)14-25(19-6-5-7-19)29-28(34)35-17-24-22-10-3-1-8-20(22)21-9-2-4-11-23(21)24/h1-4,8-11,18-19,24-25H,5-7,12-17H2,(H,29,34)(H,32,33). The van der Waals surface area contributed by atoms with E-state index in [9.17, 15) is 19.5 Å². The molecule has 0 aromatic heterocycles. The van der Waals surface area contributed by atoms with E-state index in [-0.39, 0.29) is 43.4 Å². The molecular weight excluding hydrogens is 444 g/mol. The third-order valence-electron chi connectivity index (χ3n) is 7.61. The third kappa shape index (κ3) is 5.34. The van der Waals surface area contributed by atoms with Crippen LogP contribution < -0.4 is 5.32 Å². The number of fused-ring (bicyclic) bond motifs is 3. The largest absolute Gasteiger partial charge is 0.480 e. The average molecular weight is 477 g/mol. The number of carbonyl (C=O) groups excluding carboxylic acids is 2. The Kier molecular flexibility index (Phi) is 6.75. The van der Waals surface area contributed by atoms with E-state index >= 15 is 0 Å². The van der Waals surface area contributed by atoms with Crippen molar-refractivity contribution in [2.24, 2.45) is 11.8 Å². The number of carboxylic acid groups (broad SMARTS) is 1. The van der Waals surface area contributed by atoms with Crippen LogP contribution in [0.2, 0.25) is 0 Å². The molecule has 2 saturated carbocycles. The number of carboxylic acids is 1. The average Bonchev–Trinajstić information content (AvgIpc) is 3.56. The molecule has 0 bridgehead atoms. The summed E-state index contributed by atoms with van der Waals surface area (Å²) in [6, 6.07) is 16.0. The van der Waals surface area contributed by atoms with E-state index in [0.29, 0.717) is 12.5 Å². The van der Waals surface area contributed by atoms with Gasteiger partial charge in [-0.2, -0.15) is 0 Å². The lowest BCUT2D eigenvalue weighted by Gasteiger charge is -2.35. The van der Waals surface area contributed by atoms with Crippen LogP contribution in [0.25, 0.3) is 11.1 Å². The van der Waals surface area contributed by atoms with E-state index in [1.807, 2.05) is 24.3 Å². The Balaban J connectivity index is 1.22. The second kappa shape index (κ2) is 10.1. The minimum absolute atomic E-state index is 0.0264. The van der Waals surface area contributed by atoms with Crippen molar-refractivity contribution in [2.45, 2.75) is 50.5 Å². The van der Waals surface area contributed by atoms with Crippen molar-refractivity contribution in [1.82, 2.24) is 10.2 Å². The summed E-state index contributed by atoms with van der Waals surface area (Å²) < 4.78 is 5.70. The molecule has 3 aliphatic rings. The first-order valence-corrected chi connectivity index (χ1v) is 12.6.